The second-order valence-electron chi connectivity index (χ2n) is 4.37. The van der Waals surface area contributed by atoms with Crippen molar-refractivity contribution in [2.24, 2.45) is 5.92 Å². The molecule has 0 aliphatic rings. The summed E-state index contributed by atoms with van der Waals surface area (Å²) in [6.07, 6.45) is 0. The lowest BCUT2D eigenvalue weighted by atomic mass is 10.2. The van der Waals surface area contributed by atoms with E-state index in [0.717, 1.165) is 6.07 Å². The van der Waals surface area contributed by atoms with Gasteiger partial charge in [-0.25, -0.2) is 12.8 Å². The van der Waals surface area contributed by atoms with E-state index >= 15 is 0 Å². The number of sulfone groups is 1. The predicted molar refractivity (Wildman–Crippen MR) is 69.7 cm³/mol. The van der Waals surface area contributed by atoms with Gasteiger partial charge in [0.25, 0.3) is 5.69 Å². The van der Waals surface area contributed by atoms with Gasteiger partial charge in [-0.2, -0.15) is 0 Å². The minimum Gasteiger partial charge on any atom is -0.258 e. The van der Waals surface area contributed by atoms with E-state index in [4.69, 9.17) is 11.6 Å². The van der Waals surface area contributed by atoms with Gasteiger partial charge in [0.2, 0.25) is 0 Å². The largest absolute Gasteiger partial charge is 0.290 e. The lowest BCUT2D eigenvalue weighted by Crippen LogP contribution is -2.17. The Morgan fingerprint density at radius 2 is 2.05 bits per heavy atom. The molecule has 1 aromatic carbocycles. The molecule has 5 nitrogen and oxygen atoms in total. The number of hydrogen-bond donors (Lipinski definition) is 0. The maximum absolute atomic E-state index is 13.3. The summed E-state index contributed by atoms with van der Waals surface area (Å²) in [5, 5.41) is 10.8. The van der Waals surface area contributed by atoms with E-state index in [1.165, 1.54) is 6.92 Å². The maximum atomic E-state index is 13.3. The zero-order valence-corrected chi connectivity index (χ0v) is 12.0. The summed E-state index contributed by atoms with van der Waals surface area (Å²) in [7, 11) is -3.88. The molecule has 0 aliphatic carbocycles. The number of nitro groups is 1. The molecule has 1 rings (SSSR count). The second kappa shape index (κ2) is 5.83. The summed E-state index contributed by atoms with van der Waals surface area (Å²) < 4.78 is 37.5. The van der Waals surface area contributed by atoms with Crippen LogP contribution in [0.5, 0.6) is 0 Å². The minimum absolute atomic E-state index is 0.0442. The van der Waals surface area contributed by atoms with Gasteiger partial charge in [-0.1, -0.05) is 6.92 Å². The molecule has 106 valence electrons. The zero-order chi connectivity index (χ0) is 14.8. The third-order valence-electron chi connectivity index (χ3n) is 2.54. The van der Waals surface area contributed by atoms with Crippen molar-refractivity contribution in [1.29, 1.82) is 0 Å². The van der Waals surface area contributed by atoms with Crippen LogP contribution in [0.1, 0.15) is 12.5 Å². The molecule has 0 aliphatic heterocycles. The fourth-order valence-corrected chi connectivity index (χ4v) is 3.64. The van der Waals surface area contributed by atoms with Crippen molar-refractivity contribution in [3.8, 4) is 0 Å². The Labute approximate surface area is 115 Å². The van der Waals surface area contributed by atoms with Crippen LogP contribution in [0.25, 0.3) is 0 Å². The quantitative estimate of drug-likeness (QED) is 0.362. The molecule has 19 heavy (non-hydrogen) atoms. The van der Waals surface area contributed by atoms with Crippen LogP contribution in [0.2, 0.25) is 0 Å². The highest BCUT2D eigenvalue weighted by molar-refractivity contribution is 7.91. The molecule has 0 aromatic heterocycles. The van der Waals surface area contributed by atoms with Crippen LogP contribution in [0.3, 0.4) is 0 Å². The van der Waals surface area contributed by atoms with Crippen LogP contribution in [-0.4, -0.2) is 25.0 Å². The lowest BCUT2D eigenvalue weighted by Gasteiger charge is -2.10. The molecule has 8 heteroatoms. The Kier molecular flexibility index (Phi) is 4.86. The molecule has 0 radical (unpaired) electrons. The van der Waals surface area contributed by atoms with Crippen LogP contribution in [0.15, 0.2) is 17.0 Å². The van der Waals surface area contributed by atoms with Crippen molar-refractivity contribution in [2.75, 3.05) is 11.6 Å². The third kappa shape index (κ3) is 3.63. The molecule has 0 bridgehead atoms. The molecule has 0 saturated heterocycles. The molecule has 0 amide bonds. The van der Waals surface area contributed by atoms with Gasteiger partial charge in [0, 0.05) is 5.88 Å². The van der Waals surface area contributed by atoms with Crippen LogP contribution in [0, 0.1) is 28.8 Å². The van der Waals surface area contributed by atoms with E-state index in [1.807, 2.05) is 0 Å². The van der Waals surface area contributed by atoms with Gasteiger partial charge in [0.05, 0.1) is 16.7 Å². The van der Waals surface area contributed by atoms with Crippen molar-refractivity contribution in [2.45, 2.75) is 18.7 Å². The minimum atomic E-state index is -3.88. The number of rotatable bonds is 5. The summed E-state index contributed by atoms with van der Waals surface area (Å²) in [4.78, 5) is 9.47. The monoisotopic (exact) mass is 309 g/mol. The Morgan fingerprint density at radius 3 is 2.53 bits per heavy atom. The first-order valence-corrected chi connectivity index (χ1v) is 7.61. The van der Waals surface area contributed by atoms with Crippen molar-refractivity contribution >= 4 is 27.1 Å². The van der Waals surface area contributed by atoms with Gasteiger partial charge < -0.3 is 0 Å². The van der Waals surface area contributed by atoms with Crippen LogP contribution in [-0.2, 0) is 9.84 Å². The molecule has 0 fully saturated rings. The molecule has 1 atom stereocenters. The van der Waals surface area contributed by atoms with Gasteiger partial charge in [-0.05, 0) is 24.5 Å². The number of benzene rings is 1. The summed E-state index contributed by atoms with van der Waals surface area (Å²) in [6, 6.07) is 1.62. The van der Waals surface area contributed by atoms with Crippen LogP contribution >= 0.6 is 11.6 Å². The van der Waals surface area contributed by atoms with E-state index in [9.17, 15) is 22.9 Å². The average Bonchev–Trinajstić information content (AvgIpc) is 2.30. The van der Waals surface area contributed by atoms with Gasteiger partial charge in [-0.15, -0.1) is 11.6 Å². The highest BCUT2D eigenvalue weighted by Crippen LogP contribution is 2.28. The summed E-state index contributed by atoms with van der Waals surface area (Å²) in [5.74, 6) is -1.36. The molecule has 0 saturated carbocycles. The van der Waals surface area contributed by atoms with E-state index in [1.54, 1.807) is 6.92 Å². The van der Waals surface area contributed by atoms with E-state index in [0.29, 0.717) is 6.07 Å². The van der Waals surface area contributed by atoms with Crippen molar-refractivity contribution in [3.05, 3.63) is 33.6 Å². The van der Waals surface area contributed by atoms with E-state index in [-0.39, 0.29) is 23.1 Å². The predicted octanol–water partition coefficient (Wildman–Crippen LogP) is 2.69. The standard InChI is InChI=1S/C11H13ClFNO4S/c1-7(5-12)6-19(17,18)11-3-8(2)9(13)4-10(11)14(15)16/h3-4,7H,5-6H2,1-2H3. The molecular weight excluding hydrogens is 297 g/mol. The molecule has 1 unspecified atom stereocenters. The van der Waals surface area contributed by atoms with Gasteiger partial charge in [0.15, 0.2) is 9.84 Å². The van der Waals surface area contributed by atoms with Gasteiger partial charge in [-0.3, -0.25) is 10.1 Å². The molecule has 0 heterocycles. The molecular formula is C11H13ClFNO4S. The first kappa shape index (κ1) is 15.8. The summed E-state index contributed by atoms with van der Waals surface area (Å²) >= 11 is 5.55. The zero-order valence-electron chi connectivity index (χ0n) is 10.4. The second-order valence-corrected chi connectivity index (χ2v) is 6.68. The van der Waals surface area contributed by atoms with E-state index in [2.05, 4.69) is 0 Å². The maximum Gasteiger partial charge on any atom is 0.290 e. The van der Waals surface area contributed by atoms with Crippen LogP contribution in [0.4, 0.5) is 10.1 Å². The highest BCUT2D eigenvalue weighted by Gasteiger charge is 2.28. The lowest BCUT2D eigenvalue weighted by molar-refractivity contribution is -0.388. The SMILES string of the molecule is Cc1cc(S(=O)(=O)CC(C)CCl)c([N+](=O)[O-])cc1F. The summed E-state index contributed by atoms with van der Waals surface area (Å²) in [5.41, 5.74) is -0.701. The van der Waals surface area contributed by atoms with Crippen molar-refractivity contribution in [3.63, 3.8) is 0 Å². The summed E-state index contributed by atoms with van der Waals surface area (Å²) in [6.45, 7) is 2.97. The Balaban J connectivity index is 3.40. The van der Waals surface area contributed by atoms with Crippen LogP contribution < -0.4 is 0 Å². The number of nitro benzene ring substituents is 1. The molecule has 0 N–H and O–H groups in total. The average molecular weight is 310 g/mol. The number of aryl methyl sites for hydroxylation is 1. The van der Waals surface area contributed by atoms with E-state index < -0.39 is 31.2 Å². The smallest absolute Gasteiger partial charge is 0.258 e. The molecule has 0 spiro atoms. The Bertz CT molecular complexity index is 603. The Hall–Kier alpha value is -1.21. The third-order valence-corrected chi connectivity index (χ3v) is 5.07. The molecule has 1 aromatic rings. The fourth-order valence-electron chi connectivity index (χ4n) is 1.55. The number of hydrogen-bond acceptors (Lipinski definition) is 4. The van der Waals surface area contributed by atoms with Crippen molar-refractivity contribution in [1.82, 2.24) is 0 Å². The fraction of sp³-hybridized carbons (Fsp3) is 0.455. The first-order chi connectivity index (χ1) is 8.69. The topological polar surface area (TPSA) is 77.3 Å². The van der Waals surface area contributed by atoms with Crippen molar-refractivity contribution < 1.29 is 17.7 Å². The van der Waals surface area contributed by atoms with Gasteiger partial charge >= 0.3 is 0 Å². The number of alkyl halides is 1. The first-order valence-electron chi connectivity index (χ1n) is 5.42. The number of nitrogens with zero attached hydrogens (tertiary/aromatic N) is 1. The van der Waals surface area contributed by atoms with Gasteiger partial charge in [0.1, 0.15) is 10.7 Å². The highest BCUT2D eigenvalue weighted by atomic mass is 35.5. The Morgan fingerprint density at radius 1 is 1.47 bits per heavy atom. The normalized spacial score (nSPS) is 13.3. The number of halogens is 2.